The van der Waals surface area contributed by atoms with Crippen LogP contribution >= 0.6 is 9.90 Å². The van der Waals surface area contributed by atoms with Crippen molar-refractivity contribution < 1.29 is 6.16 Å². The van der Waals surface area contributed by atoms with E-state index in [1.54, 1.807) is 17.9 Å². The molecule has 1 aromatic rings. The second-order valence-corrected chi connectivity index (χ2v) is 3.05. The lowest BCUT2D eigenvalue weighted by Gasteiger charge is -2.09. The van der Waals surface area contributed by atoms with Crippen molar-refractivity contribution in [2.75, 3.05) is 12.3 Å². The molecule has 1 rings (SSSR count). The Morgan fingerprint density at radius 1 is 1.61 bits per heavy atom. The number of nitrogens with two attached hydrogens (primary N) is 1. The van der Waals surface area contributed by atoms with E-state index in [4.69, 9.17) is 10.5 Å². The minimum absolute atomic E-state index is 0. The van der Waals surface area contributed by atoms with Crippen molar-refractivity contribution in [3.8, 4) is 0 Å². The minimum Gasteiger partial charge on any atom is -0.488 e. The summed E-state index contributed by atoms with van der Waals surface area (Å²) >= 11 is 0. The molecule has 0 aliphatic carbocycles. The smallest absolute Gasteiger partial charge is 0.290 e. The summed E-state index contributed by atoms with van der Waals surface area (Å²) in [6.45, 7) is 12.2. The van der Waals surface area contributed by atoms with Gasteiger partial charge in [0.1, 0.15) is 12.2 Å². The second-order valence-electron chi connectivity index (χ2n) is 3.05. The van der Waals surface area contributed by atoms with Gasteiger partial charge in [0.05, 0.1) is 6.61 Å². The number of anilines is 1. The summed E-state index contributed by atoms with van der Waals surface area (Å²) in [5.74, 6) is 0.529. The normalized spacial score (nSPS) is 8.33. The Balaban J connectivity index is -0.000000609. The number of nitrogen functional groups attached to an aromatic ring is 1. The van der Waals surface area contributed by atoms with Crippen LogP contribution in [0.2, 0.25) is 0 Å². The predicted octanol–water partition coefficient (Wildman–Crippen LogP) is 1.58. The van der Waals surface area contributed by atoms with Gasteiger partial charge in [0, 0.05) is 14.7 Å². The van der Waals surface area contributed by atoms with Crippen LogP contribution in [0.4, 0.5) is 5.69 Å². The number of hydrogen-bond acceptors (Lipinski definition) is 3. The van der Waals surface area contributed by atoms with Crippen LogP contribution in [-0.2, 0) is 18.3 Å². The van der Waals surface area contributed by atoms with Gasteiger partial charge in [-0.05, 0) is 6.92 Å². The highest BCUT2D eigenvalue weighted by Crippen LogP contribution is 2.00. The zero-order valence-corrected chi connectivity index (χ0v) is 12.5. The van der Waals surface area contributed by atoms with Gasteiger partial charge < -0.3 is 10.5 Å². The third-order valence-electron chi connectivity index (χ3n) is 2.00. The Morgan fingerprint density at radius 2 is 2.17 bits per heavy atom. The molecule has 6 heteroatoms. The van der Waals surface area contributed by atoms with Crippen molar-refractivity contribution in [1.29, 1.82) is 0 Å². The van der Waals surface area contributed by atoms with Crippen LogP contribution in [0.15, 0.2) is 42.2 Å². The summed E-state index contributed by atoms with van der Waals surface area (Å²) in [5, 5.41) is 0. The lowest BCUT2D eigenvalue weighted by atomic mass is 10.5. The average molecular weight is 273 g/mol. The van der Waals surface area contributed by atoms with E-state index in [1.165, 1.54) is 4.68 Å². The standard InChI is InChI=1S/C10H15N3O2.C2H4.H3P.H2/c1-4-8(15-5-2)6-13-10(14)9(11)7-12(13)3;1-2;;/h7H,1,5-6,11H2,2-3H3;1-2H2;1H3;1H. The number of allylic oxidation sites excluding steroid dienone is 1. The first-order valence-corrected chi connectivity index (χ1v) is 5.13. The van der Waals surface area contributed by atoms with Crippen LogP contribution < -0.4 is 11.3 Å². The zero-order chi connectivity index (χ0) is 13.4. The predicted molar refractivity (Wildman–Crippen MR) is 82.8 cm³/mol. The molecule has 0 aliphatic heterocycles. The van der Waals surface area contributed by atoms with E-state index in [9.17, 15) is 4.79 Å². The van der Waals surface area contributed by atoms with Crippen LogP contribution in [-0.4, -0.2) is 16.0 Å². The van der Waals surface area contributed by atoms with Crippen molar-refractivity contribution in [3.05, 3.63) is 47.8 Å². The third-order valence-corrected chi connectivity index (χ3v) is 2.00. The second kappa shape index (κ2) is 9.34. The van der Waals surface area contributed by atoms with Crippen molar-refractivity contribution >= 4 is 15.6 Å². The van der Waals surface area contributed by atoms with Gasteiger partial charge in [0.25, 0.3) is 5.56 Å². The Bertz CT molecular complexity index is 476. The van der Waals surface area contributed by atoms with Gasteiger partial charge in [0.15, 0.2) is 5.76 Å². The van der Waals surface area contributed by atoms with Crippen molar-refractivity contribution in [1.82, 2.24) is 9.36 Å². The monoisotopic (exact) mass is 273 g/mol. The molecule has 2 N–H and O–H groups in total. The highest BCUT2D eigenvalue weighted by atomic mass is 31.0. The molecule has 0 spiro atoms. The van der Waals surface area contributed by atoms with Crippen LogP contribution in [0.5, 0.6) is 0 Å². The lowest BCUT2D eigenvalue weighted by molar-refractivity contribution is 0.207. The Kier molecular flexibility index (Phi) is 9.68. The fraction of sp³-hybridized carbons (Fsp3) is 0.333. The molecule has 0 saturated carbocycles. The molecule has 5 nitrogen and oxygen atoms in total. The molecule has 0 aromatic carbocycles. The van der Waals surface area contributed by atoms with E-state index in [0.29, 0.717) is 18.9 Å². The molecular formula is C12H24N3O2P. The maximum absolute atomic E-state index is 11.5. The number of rotatable bonds is 4. The maximum Gasteiger partial charge on any atom is 0.290 e. The van der Waals surface area contributed by atoms with Gasteiger partial charge >= 0.3 is 0 Å². The van der Waals surface area contributed by atoms with Gasteiger partial charge in [-0.3, -0.25) is 9.48 Å². The van der Waals surface area contributed by atoms with E-state index in [-0.39, 0.29) is 22.6 Å². The molecular weight excluding hydrogens is 249 g/mol. The van der Waals surface area contributed by atoms with Gasteiger partial charge in [-0.25, -0.2) is 4.68 Å². The Morgan fingerprint density at radius 3 is 2.50 bits per heavy atom. The first-order chi connectivity index (χ1) is 8.10. The summed E-state index contributed by atoms with van der Waals surface area (Å²) in [4.78, 5) is 11.5. The minimum atomic E-state index is -0.232. The molecule has 104 valence electrons. The summed E-state index contributed by atoms with van der Waals surface area (Å²) in [7, 11) is 1.74. The molecule has 1 heterocycles. The first kappa shape index (κ1) is 18.7. The quantitative estimate of drug-likeness (QED) is 0.392. The SMILES string of the molecule is C=C.C=C=C(Cn1c(=O)c(N)cn1C)OCC.P.[HH]. The van der Waals surface area contributed by atoms with Crippen molar-refractivity contribution in [2.45, 2.75) is 13.5 Å². The number of ether oxygens (including phenoxy) is 1. The molecule has 0 aliphatic rings. The van der Waals surface area contributed by atoms with Crippen molar-refractivity contribution in [2.24, 2.45) is 7.05 Å². The molecule has 0 fully saturated rings. The molecule has 0 radical (unpaired) electrons. The van der Waals surface area contributed by atoms with Crippen LogP contribution in [0, 0.1) is 0 Å². The Hall–Kier alpha value is -1.70. The van der Waals surface area contributed by atoms with Gasteiger partial charge in [-0.15, -0.1) is 13.2 Å². The number of nitrogens with zero attached hydrogens (tertiary/aromatic N) is 2. The molecule has 18 heavy (non-hydrogen) atoms. The molecule has 0 amide bonds. The van der Waals surface area contributed by atoms with Gasteiger partial charge in [-0.1, -0.05) is 12.3 Å². The summed E-state index contributed by atoms with van der Waals surface area (Å²) in [5.41, 5.74) is 8.13. The highest BCUT2D eigenvalue weighted by Gasteiger charge is 2.08. The summed E-state index contributed by atoms with van der Waals surface area (Å²) in [6, 6.07) is 0. The van der Waals surface area contributed by atoms with Crippen LogP contribution in [0.1, 0.15) is 8.35 Å². The van der Waals surface area contributed by atoms with E-state index in [0.717, 1.165) is 0 Å². The van der Waals surface area contributed by atoms with Crippen LogP contribution in [0.25, 0.3) is 0 Å². The third kappa shape index (κ3) is 4.66. The lowest BCUT2D eigenvalue weighted by Crippen LogP contribution is -2.23. The van der Waals surface area contributed by atoms with Crippen molar-refractivity contribution in [3.63, 3.8) is 0 Å². The van der Waals surface area contributed by atoms with Crippen LogP contribution in [0.3, 0.4) is 0 Å². The number of aryl methyl sites for hydroxylation is 1. The fourth-order valence-corrected chi connectivity index (χ4v) is 1.26. The van der Waals surface area contributed by atoms with E-state index >= 15 is 0 Å². The van der Waals surface area contributed by atoms with E-state index < -0.39 is 0 Å². The summed E-state index contributed by atoms with van der Waals surface area (Å²) in [6.07, 6.45) is 1.56. The molecule has 1 unspecified atom stereocenters. The Labute approximate surface area is 112 Å². The zero-order valence-electron chi connectivity index (χ0n) is 11.1. The molecule has 1 atom stereocenters. The topological polar surface area (TPSA) is 62.2 Å². The first-order valence-electron chi connectivity index (χ1n) is 5.13. The fourth-order valence-electron chi connectivity index (χ4n) is 1.26. The maximum atomic E-state index is 11.5. The van der Waals surface area contributed by atoms with Gasteiger partial charge in [-0.2, -0.15) is 9.90 Å². The number of hydrogen-bond donors (Lipinski definition) is 1. The highest BCUT2D eigenvalue weighted by molar-refractivity contribution is 6.92. The summed E-state index contributed by atoms with van der Waals surface area (Å²) < 4.78 is 8.32. The molecule has 0 saturated heterocycles. The average Bonchev–Trinajstić information content (AvgIpc) is 2.57. The van der Waals surface area contributed by atoms with E-state index in [2.05, 4.69) is 25.5 Å². The largest absolute Gasteiger partial charge is 0.488 e. The molecule has 0 bridgehead atoms. The van der Waals surface area contributed by atoms with E-state index in [1.807, 2.05) is 6.92 Å². The van der Waals surface area contributed by atoms with Gasteiger partial charge in [0.2, 0.25) is 0 Å². The molecule has 1 aromatic heterocycles. The number of aromatic nitrogens is 2.